The number of hydrogen-bond acceptors (Lipinski definition) is 2. The van der Waals surface area contributed by atoms with Gasteiger partial charge in [0.25, 0.3) is 0 Å². The SMILES string of the molecule is NC(=O)Cn1ccc(-c2cccc(-c3ccc(Cl)cc3)c2)n1. The summed E-state index contributed by atoms with van der Waals surface area (Å²) < 4.78 is 1.53. The number of carbonyl (C=O) groups excluding carboxylic acids is 1. The number of rotatable bonds is 4. The van der Waals surface area contributed by atoms with Gasteiger partial charge in [-0.2, -0.15) is 5.10 Å². The largest absolute Gasteiger partial charge is 0.368 e. The molecule has 3 aromatic rings. The molecule has 22 heavy (non-hydrogen) atoms. The van der Waals surface area contributed by atoms with E-state index in [4.69, 9.17) is 17.3 Å². The van der Waals surface area contributed by atoms with Gasteiger partial charge in [-0.15, -0.1) is 0 Å². The van der Waals surface area contributed by atoms with Crippen LogP contribution in [0.4, 0.5) is 0 Å². The summed E-state index contributed by atoms with van der Waals surface area (Å²) in [5.74, 6) is -0.412. The molecule has 2 aromatic carbocycles. The average Bonchev–Trinajstić information content (AvgIpc) is 2.96. The van der Waals surface area contributed by atoms with E-state index in [1.807, 2.05) is 48.5 Å². The van der Waals surface area contributed by atoms with Crippen molar-refractivity contribution in [3.63, 3.8) is 0 Å². The number of nitrogens with zero attached hydrogens (tertiary/aromatic N) is 2. The van der Waals surface area contributed by atoms with Crippen LogP contribution in [0.1, 0.15) is 0 Å². The molecule has 0 aliphatic carbocycles. The molecule has 3 rings (SSSR count). The van der Waals surface area contributed by atoms with Crippen molar-refractivity contribution < 1.29 is 4.79 Å². The number of hydrogen-bond donors (Lipinski definition) is 1. The van der Waals surface area contributed by atoms with E-state index in [0.29, 0.717) is 5.02 Å². The normalized spacial score (nSPS) is 10.6. The zero-order valence-electron chi connectivity index (χ0n) is 11.7. The molecule has 0 aliphatic heterocycles. The number of primary amides is 1. The lowest BCUT2D eigenvalue weighted by Gasteiger charge is -2.04. The molecule has 0 saturated carbocycles. The standard InChI is InChI=1S/C17H14ClN3O/c18-15-6-4-12(5-7-15)13-2-1-3-14(10-13)16-8-9-21(20-16)11-17(19)22/h1-10H,11H2,(H2,19,22). The van der Waals surface area contributed by atoms with Crippen LogP contribution >= 0.6 is 11.6 Å². The number of benzene rings is 2. The predicted octanol–water partition coefficient (Wildman–Crippen LogP) is 3.36. The van der Waals surface area contributed by atoms with E-state index in [2.05, 4.69) is 11.2 Å². The van der Waals surface area contributed by atoms with Crippen molar-refractivity contribution in [1.82, 2.24) is 9.78 Å². The smallest absolute Gasteiger partial charge is 0.239 e. The first kappa shape index (κ1) is 14.4. The molecule has 0 aliphatic rings. The Bertz CT molecular complexity index is 809. The van der Waals surface area contributed by atoms with Crippen molar-refractivity contribution in [1.29, 1.82) is 0 Å². The molecule has 2 N–H and O–H groups in total. The van der Waals surface area contributed by atoms with Gasteiger partial charge >= 0.3 is 0 Å². The molecule has 0 fully saturated rings. The Hall–Kier alpha value is -2.59. The second-order valence-corrected chi connectivity index (χ2v) is 5.39. The Morgan fingerprint density at radius 3 is 2.50 bits per heavy atom. The minimum Gasteiger partial charge on any atom is -0.368 e. The van der Waals surface area contributed by atoms with E-state index in [9.17, 15) is 4.79 Å². The maximum atomic E-state index is 10.9. The third kappa shape index (κ3) is 3.18. The molecule has 1 amide bonds. The Kier molecular flexibility index (Phi) is 3.94. The van der Waals surface area contributed by atoms with E-state index in [1.165, 1.54) is 4.68 Å². The number of halogens is 1. The summed E-state index contributed by atoms with van der Waals surface area (Å²) in [6.07, 6.45) is 1.75. The van der Waals surface area contributed by atoms with Gasteiger partial charge in [-0.1, -0.05) is 41.9 Å². The van der Waals surface area contributed by atoms with Gasteiger partial charge in [0.1, 0.15) is 6.54 Å². The predicted molar refractivity (Wildman–Crippen MR) is 87.3 cm³/mol. The van der Waals surface area contributed by atoms with Crippen molar-refractivity contribution in [2.45, 2.75) is 6.54 Å². The lowest BCUT2D eigenvalue weighted by Crippen LogP contribution is -2.18. The lowest BCUT2D eigenvalue weighted by atomic mass is 10.0. The van der Waals surface area contributed by atoms with Crippen LogP contribution in [-0.4, -0.2) is 15.7 Å². The van der Waals surface area contributed by atoms with Crippen molar-refractivity contribution >= 4 is 17.5 Å². The molecule has 0 atom stereocenters. The molecule has 0 spiro atoms. The summed E-state index contributed by atoms with van der Waals surface area (Å²) >= 11 is 5.92. The highest BCUT2D eigenvalue weighted by Gasteiger charge is 2.06. The van der Waals surface area contributed by atoms with E-state index < -0.39 is 5.91 Å². The maximum Gasteiger partial charge on any atom is 0.239 e. The number of amides is 1. The highest BCUT2D eigenvalue weighted by molar-refractivity contribution is 6.30. The van der Waals surface area contributed by atoms with Crippen LogP contribution in [0.15, 0.2) is 60.8 Å². The summed E-state index contributed by atoms with van der Waals surface area (Å²) in [4.78, 5) is 10.9. The summed E-state index contributed by atoms with van der Waals surface area (Å²) in [5, 5.41) is 5.08. The Labute approximate surface area is 133 Å². The number of carbonyl (C=O) groups is 1. The Morgan fingerprint density at radius 1 is 1.05 bits per heavy atom. The molecule has 1 heterocycles. The molecule has 0 radical (unpaired) electrons. The van der Waals surface area contributed by atoms with Gasteiger partial charge in [0.15, 0.2) is 0 Å². The van der Waals surface area contributed by atoms with Crippen LogP contribution in [0.2, 0.25) is 5.02 Å². The first-order valence-corrected chi connectivity index (χ1v) is 7.18. The summed E-state index contributed by atoms with van der Waals surface area (Å²) in [5.41, 5.74) is 9.13. The molecule has 0 bridgehead atoms. The van der Waals surface area contributed by atoms with Crippen molar-refractivity contribution in [3.8, 4) is 22.4 Å². The zero-order valence-corrected chi connectivity index (χ0v) is 12.5. The third-order valence-electron chi connectivity index (χ3n) is 3.29. The summed E-state index contributed by atoms with van der Waals surface area (Å²) in [7, 11) is 0. The molecule has 1 aromatic heterocycles. The highest BCUT2D eigenvalue weighted by atomic mass is 35.5. The molecular formula is C17H14ClN3O. The van der Waals surface area contributed by atoms with Gasteiger partial charge in [0.05, 0.1) is 5.69 Å². The first-order valence-electron chi connectivity index (χ1n) is 6.80. The quantitative estimate of drug-likeness (QED) is 0.803. The van der Waals surface area contributed by atoms with E-state index in [-0.39, 0.29) is 6.54 Å². The average molecular weight is 312 g/mol. The molecular weight excluding hydrogens is 298 g/mol. The molecule has 4 nitrogen and oxygen atoms in total. The summed E-state index contributed by atoms with van der Waals surface area (Å²) in [6.45, 7) is 0.0802. The molecule has 0 saturated heterocycles. The van der Waals surface area contributed by atoms with Crippen LogP contribution in [-0.2, 0) is 11.3 Å². The van der Waals surface area contributed by atoms with Gasteiger partial charge in [-0.3, -0.25) is 9.48 Å². The van der Waals surface area contributed by atoms with Crippen LogP contribution in [0, 0.1) is 0 Å². The van der Waals surface area contributed by atoms with Gasteiger partial charge in [-0.05, 0) is 35.4 Å². The molecule has 0 unspecified atom stereocenters. The van der Waals surface area contributed by atoms with Crippen molar-refractivity contribution in [3.05, 3.63) is 65.8 Å². The topological polar surface area (TPSA) is 60.9 Å². The Morgan fingerprint density at radius 2 is 1.77 bits per heavy atom. The van der Waals surface area contributed by atoms with Crippen LogP contribution < -0.4 is 5.73 Å². The van der Waals surface area contributed by atoms with Gasteiger partial charge in [0, 0.05) is 16.8 Å². The van der Waals surface area contributed by atoms with Crippen LogP contribution in [0.25, 0.3) is 22.4 Å². The van der Waals surface area contributed by atoms with Gasteiger partial charge in [0.2, 0.25) is 5.91 Å². The fraction of sp³-hybridized carbons (Fsp3) is 0.0588. The fourth-order valence-electron chi connectivity index (χ4n) is 2.26. The fourth-order valence-corrected chi connectivity index (χ4v) is 2.39. The first-order chi connectivity index (χ1) is 10.6. The van der Waals surface area contributed by atoms with Crippen molar-refractivity contribution in [2.75, 3.05) is 0 Å². The minimum atomic E-state index is -0.412. The van der Waals surface area contributed by atoms with Crippen molar-refractivity contribution in [2.24, 2.45) is 5.73 Å². The molecule has 110 valence electrons. The van der Waals surface area contributed by atoms with Gasteiger partial charge in [-0.25, -0.2) is 0 Å². The molecule has 5 heteroatoms. The third-order valence-corrected chi connectivity index (χ3v) is 3.55. The monoisotopic (exact) mass is 311 g/mol. The summed E-state index contributed by atoms with van der Waals surface area (Å²) in [6, 6.07) is 17.6. The lowest BCUT2D eigenvalue weighted by molar-refractivity contribution is -0.118. The minimum absolute atomic E-state index is 0.0802. The van der Waals surface area contributed by atoms with E-state index in [1.54, 1.807) is 6.20 Å². The number of nitrogens with two attached hydrogens (primary N) is 1. The van der Waals surface area contributed by atoms with Crippen LogP contribution in [0.5, 0.6) is 0 Å². The second-order valence-electron chi connectivity index (χ2n) is 4.95. The van der Waals surface area contributed by atoms with E-state index in [0.717, 1.165) is 22.4 Å². The number of aromatic nitrogens is 2. The highest BCUT2D eigenvalue weighted by Crippen LogP contribution is 2.26. The van der Waals surface area contributed by atoms with Gasteiger partial charge < -0.3 is 5.73 Å². The Balaban J connectivity index is 1.92. The second kappa shape index (κ2) is 6.03. The van der Waals surface area contributed by atoms with Crippen LogP contribution in [0.3, 0.4) is 0 Å². The zero-order chi connectivity index (χ0) is 15.5. The maximum absolute atomic E-state index is 10.9. The van der Waals surface area contributed by atoms with E-state index >= 15 is 0 Å².